The molecule has 0 saturated heterocycles. The van der Waals surface area contributed by atoms with Crippen molar-refractivity contribution in [3.63, 3.8) is 0 Å². The average Bonchev–Trinajstić information content (AvgIpc) is 2.30. The first-order chi connectivity index (χ1) is 9.10. The summed E-state index contributed by atoms with van der Waals surface area (Å²) < 4.78 is 5.16. The summed E-state index contributed by atoms with van der Waals surface area (Å²) >= 11 is 5.72. The van der Waals surface area contributed by atoms with Gasteiger partial charge in [-0.1, -0.05) is 11.6 Å². The van der Waals surface area contributed by atoms with Crippen molar-refractivity contribution in [2.75, 3.05) is 0 Å². The fourth-order valence-electron chi connectivity index (χ4n) is 1.38. The van der Waals surface area contributed by atoms with Gasteiger partial charge >= 0.3 is 5.97 Å². The van der Waals surface area contributed by atoms with Crippen molar-refractivity contribution in [2.24, 2.45) is 0 Å². The number of hydrogen-bond acceptors (Lipinski definition) is 4. The summed E-state index contributed by atoms with van der Waals surface area (Å²) in [7, 11) is 0. The zero-order valence-electron chi connectivity index (χ0n) is 11.9. The van der Waals surface area contributed by atoms with E-state index in [2.05, 4.69) is 5.32 Å². The molecule has 0 bridgehead atoms. The molecule has 0 aliphatic rings. The molecule has 110 valence electrons. The fraction of sp³-hybridized carbons (Fsp3) is 0.429. The van der Waals surface area contributed by atoms with Crippen LogP contribution < -0.4 is 5.32 Å². The van der Waals surface area contributed by atoms with Crippen molar-refractivity contribution in [3.05, 3.63) is 28.8 Å². The zero-order valence-corrected chi connectivity index (χ0v) is 12.6. The molecule has 0 heterocycles. The molecule has 0 aliphatic heterocycles. The number of phenols is 1. The molecule has 0 saturated carbocycles. The summed E-state index contributed by atoms with van der Waals surface area (Å²) in [4.78, 5) is 23.7. The monoisotopic (exact) mass is 299 g/mol. The fourth-order valence-corrected chi connectivity index (χ4v) is 1.56. The standard InChI is InChI=1S/C14H18ClNO4/c1-8(13(19)20-14(2,3)4)16-12(18)9-5-6-11(17)10(15)7-9/h5-8,17H,1-4H3,(H,16,18)/t8-/m1/s1. The number of phenolic OH excluding ortho intramolecular Hbond substituents is 1. The number of aromatic hydroxyl groups is 1. The number of esters is 1. The van der Waals surface area contributed by atoms with E-state index in [1.54, 1.807) is 20.8 Å². The molecule has 1 atom stereocenters. The number of ether oxygens (including phenoxy) is 1. The number of hydrogen-bond donors (Lipinski definition) is 2. The number of nitrogens with one attached hydrogen (secondary N) is 1. The van der Waals surface area contributed by atoms with Crippen LogP contribution in [0.5, 0.6) is 5.75 Å². The predicted molar refractivity (Wildman–Crippen MR) is 75.9 cm³/mol. The summed E-state index contributed by atoms with van der Waals surface area (Å²) in [6.07, 6.45) is 0. The molecule has 0 fully saturated rings. The molecule has 1 aromatic carbocycles. The van der Waals surface area contributed by atoms with Crippen LogP contribution in [-0.2, 0) is 9.53 Å². The lowest BCUT2D eigenvalue weighted by molar-refractivity contribution is -0.156. The molecular weight excluding hydrogens is 282 g/mol. The van der Waals surface area contributed by atoms with Crippen molar-refractivity contribution in [1.29, 1.82) is 0 Å². The normalized spacial score (nSPS) is 12.7. The van der Waals surface area contributed by atoms with E-state index in [1.807, 2.05) is 0 Å². The number of carbonyl (C=O) groups is 2. The lowest BCUT2D eigenvalue weighted by Gasteiger charge is -2.22. The molecule has 0 aromatic heterocycles. The highest BCUT2D eigenvalue weighted by molar-refractivity contribution is 6.32. The number of amides is 1. The molecule has 2 N–H and O–H groups in total. The summed E-state index contributed by atoms with van der Waals surface area (Å²) in [6, 6.07) is 3.27. The van der Waals surface area contributed by atoms with E-state index in [9.17, 15) is 14.7 Å². The second-order valence-electron chi connectivity index (χ2n) is 5.39. The molecule has 5 nitrogen and oxygen atoms in total. The third-order valence-electron chi connectivity index (χ3n) is 2.32. The van der Waals surface area contributed by atoms with Crippen LogP contribution >= 0.6 is 11.6 Å². The van der Waals surface area contributed by atoms with Crippen molar-refractivity contribution in [2.45, 2.75) is 39.3 Å². The number of carbonyl (C=O) groups excluding carboxylic acids is 2. The highest BCUT2D eigenvalue weighted by Gasteiger charge is 2.23. The minimum absolute atomic E-state index is 0.0718. The van der Waals surface area contributed by atoms with Gasteiger partial charge in [-0.2, -0.15) is 0 Å². The molecule has 0 aliphatic carbocycles. The van der Waals surface area contributed by atoms with Crippen molar-refractivity contribution >= 4 is 23.5 Å². The molecule has 1 rings (SSSR count). The van der Waals surface area contributed by atoms with Crippen LogP contribution in [-0.4, -0.2) is 28.6 Å². The zero-order chi connectivity index (χ0) is 15.5. The third kappa shape index (κ3) is 4.74. The van der Waals surface area contributed by atoms with Crippen LogP contribution in [0.25, 0.3) is 0 Å². The Morgan fingerprint density at radius 1 is 1.35 bits per heavy atom. The van der Waals surface area contributed by atoms with E-state index in [1.165, 1.54) is 25.1 Å². The first kappa shape index (κ1) is 16.3. The van der Waals surface area contributed by atoms with Gasteiger partial charge in [0.1, 0.15) is 17.4 Å². The van der Waals surface area contributed by atoms with Gasteiger partial charge in [-0.15, -0.1) is 0 Å². The van der Waals surface area contributed by atoms with Crippen LogP contribution in [0.1, 0.15) is 38.1 Å². The molecule has 0 spiro atoms. The van der Waals surface area contributed by atoms with Crippen LogP contribution in [0.2, 0.25) is 5.02 Å². The minimum atomic E-state index is -0.783. The number of rotatable bonds is 3. The van der Waals surface area contributed by atoms with E-state index >= 15 is 0 Å². The van der Waals surface area contributed by atoms with Crippen molar-refractivity contribution in [1.82, 2.24) is 5.32 Å². The molecule has 20 heavy (non-hydrogen) atoms. The van der Waals surface area contributed by atoms with Gasteiger partial charge in [-0.25, -0.2) is 4.79 Å². The maximum atomic E-state index is 11.9. The SMILES string of the molecule is C[C@@H](NC(=O)c1ccc(O)c(Cl)c1)C(=O)OC(C)(C)C. The Hall–Kier alpha value is -1.75. The van der Waals surface area contributed by atoms with E-state index in [0.717, 1.165) is 0 Å². The summed E-state index contributed by atoms with van der Waals surface area (Å²) in [5.74, 6) is -1.09. The lowest BCUT2D eigenvalue weighted by atomic mass is 10.1. The van der Waals surface area contributed by atoms with E-state index in [4.69, 9.17) is 16.3 Å². The second kappa shape index (κ2) is 6.13. The maximum Gasteiger partial charge on any atom is 0.328 e. The smallest absolute Gasteiger partial charge is 0.328 e. The quantitative estimate of drug-likeness (QED) is 0.841. The second-order valence-corrected chi connectivity index (χ2v) is 5.80. The van der Waals surface area contributed by atoms with Gasteiger partial charge in [-0.05, 0) is 45.9 Å². The van der Waals surface area contributed by atoms with E-state index in [0.29, 0.717) is 0 Å². The third-order valence-corrected chi connectivity index (χ3v) is 2.62. The number of halogens is 1. The molecular formula is C14H18ClNO4. The molecule has 1 aromatic rings. The Balaban J connectivity index is 2.70. The van der Waals surface area contributed by atoms with Gasteiger partial charge in [0.25, 0.3) is 5.91 Å². The van der Waals surface area contributed by atoms with Crippen LogP contribution in [0.15, 0.2) is 18.2 Å². The Labute approximate surface area is 122 Å². The summed E-state index contributed by atoms with van der Waals surface area (Å²) in [5.41, 5.74) is -0.360. The largest absolute Gasteiger partial charge is 0.506 e. The summed E-state index contributed by atoms with van der Waals surface area (Å²) in [6.45, 7) is 6.78. The van der Waals surface area contributed by atoms with Crippen LogP contribution in [0.4, 0.5) is 0 Å². The first-order valence-corrected chi connectivity index (χ1v) is 6.50. The van der Waals surface area contributed by atoms with Crippen LogP contribution in [0.3, 0.4) is 0 Å². The first-order valence-electron chi connectivity index (χ1n) is 6.12. The highest BCUT2D eigenvalue weighted by atomic mass is 35.5. The van der Waals surface area contributed by atoms with Gasteiger partial charge in [0.2, 0.25) is 0 Å². The Kier molecular flexibility index (Phi) is 5.00. The Morgan fingerprint density at radius 2 is 1.95 bits per heavy atom. The van der Waals surface area contributed by atoms with Gasteiger partial charge in [-0.3, -0.25) is 4.79 Å². The van der Waals surface area contributed by atoms with E-state index in [-0.39, 0.29) is 16.3 Å². The molecule has 1 amide bonds. The molecule has 0 unspecified atom stereocenters. The molecule has 0 radical (unpaired) electrons. The van der Waals surface area contributed by atoms with Crippen LogP contribution in [0, 0.1) is 0 Å². The summed E-state index contributed by atoms with van der Waals surface area (Å²) in [5, 5.41) is 11.9. The maximum absolute atomic E-state index is 11.9. The van der Waals surface area contributed by atoms with Gasteiger partial charge < -0.3 is 15.2 Å². The van der Waals surface area contributed by atoms with Crippen molar-refractivity contribution < 1.29 is 19.4 Å². The average molecular weight is 300 g/mol. The number of benzene rings is 1. The Bertz CT molecular complexity index is 522. The van der Waals surface area contributed by atoms with Gasteiger partial charge in [0, 0.05) is 5.56 Å². The Morgan fingerprint density at radius 3 is 2.45 bits per heavy atom. The van der Waals surface area contributed by atoms with Gasteiger partial charge in [0.15, 0.2) is 0 Å². The predicted octanol–water partition coefficient (Wildman–Crippen LogP) is 2.51. The lowest BCUT2D eigenvalue weighted by Crippen LogP contribution is -2.42. The highest BCUT2D eigenvalue weighted by Crippen LogP contribution is 2.23. The van der Waals surface area contributed by atoms with Crippen molar-refractivity contribution in [3.8, 4) is 5.75 Å². The minimum Gasteiger partial charge on any atom is -0.506 e. The molecule has 6 heteroatoms. The topological polar surface area (TPSA) is 75.6 Å². The van der Waals surface area contributed by atoms with Gasteiger partial charge in [0.05, 0.1) is 5.02 Å². The van der Waals surface area contributed by atoms with E-state index < -0.39 is 23.5 Å².